The van der Waals surface area contributed by atoms with E-state index < -0.39 is 17.6 Å². The summed E-state index contributed by atoms with van der Waals surface area (Å²) < 4.78 is 36.7. The Kier molecular flexibility index (Phi) is 4.37. The van der Waals surface area contributed by atoms with E-state index in [-0.39, 0.29) is 23.5 Å². The largest absolute Gasteiger partial charge is 0.493 e. The van der Waals surface area contributed by atoms with E-state index in [4.69, 9.17) is 14.6 Å². The van der Waals surface area contributed by atoms with E-state index in [0.29, 0.717) is 5.75 Å². The van der Waals surface area contributed by atoms with Crippen molar-refractivity contribution in [2.75, 3.05) is 7.11 Å². The number of carboxylic acids is 1. The molecule has 0 heterocycles. The van der Waals surface area contributed by atoms with Gasteiger partial charge in [0.2, 0.25) is 0 Å². The molecule has 0 unspecified atom stereocenters. The van der Waals surface area contributed by atoms with Crippen LogP contribution in [-0.2, 0) is 6.61 Å². The van der Waals surface area contributed by atoms with Crippen LogP contribution in [0.15, 0.2) is 36.4 Å². The first-order valence-corrected chi connectivity index (χ1v) is 5.99. The molecule has 0 amide bonds. The Hall–Kier alpha value is -2.63. The van der Waals surface area contributed by atoms with Crippen molar-refractivity contribution in [2.45, 2.75) is 6.61 Å². The van der Waals surface area contributed by atoms with E-state index in [1.54, 1.807) is 0 Å². The summed E-state index contributed by atoms with van der Waals surface area (Å²) in [6.07, 6.45) is 0. The maximum Gasteiger partial charge on any atom is 0.335 e. The topological polar surface area (TPSA) is 55.8 Å². The lowest BCUT2D eigenvalue weighted by atomic mass is 10.2. The van der Waals surface area contributed by atoms with Gasteiger partial charge in [-0.3, -0.25) is 0 Å². The molecule has 110 valence electrons. The van der Waals surface area contributed by atoms with E-state index in [2.05, 4.69) is 0 Å². The van der Waals surface area contributed by atoms with Gasteiger partial charge in [0.25, 0.3) is 0 Å². The minimum absolute atomic E-state index is 0.0189. The molecule has 0 fully saturated rings. The number of halogens is 2. The second kappa shape index (κ2) is 6.21. The minimum atomic E-state index is -1.12. The number of methoxy groups -OCH3 is 1. The van der Waals surface area contributed by atoms with Gasteiger partial charge in [0, 0.05) is 11.6 Å². The molecule has 2 aromatic rings. The Morgan fingerprint density at radius 1 is 1.14 bits per heavy atom. The fourth-order valence-corrected chi connectivity index (χ4v) is 1.72. The van der Waals surface area contributed by atoms with Crippen LogP contribution in [0.25, 0.3) is 0 Å². The zero-order valence-corrected chi connectivity index (χ0v) is 11.1. The SMILES string of the molecule is COc1ccc(C(=O)O)cc1OCc1ccc(F)cc1F. The van der Waals surface area contributed by atoms with Crippen molar-refractivity contribution in [3.8, 4) is 11.5 Å². The molecule has 2 aromatic carbocycles. The molecule has 0 spiro atoms. The molecular formula is C15H12F2O4. The standard InChI is InChI=1S/C15H12F2O4/c1-20-13-5-3-9(15(18)19)6-14(13)21-8-10-2-4-11(16)7-12(10)17/h2-7H,8H2,1H3,(H,18,19). The van der Waals surface area contributed by atoms with Gasteiger partial charge in [-0.05, 0) is 30.3 Å². The Morgan fingerprint density at radius 3 is 2.52 bits per heavy atom. The molecule has 0 aliphatic rings. The predicted octanol–water partition coefficient (Wildman–Crippen LogP) is 3.25. The lowest BCUT2D eigenvalue weighted by Crippen LogP contribution is -2.03. The van der Waals surface area contributed by atoms with Crippen LogP contribution in [0.2, 0.25) is 0 Å². The van der Waals surface area contributed by atoms with Crippen molar-refractivity contribution in [2.24, 2.45) is 0 Å². The highest BCUT2D eigenvalue weighted by Crippen LogP contribution is 2.29. The Labute approximate surface area is 119 Å². The number of aromatic carboxylic acids is 1. The zero-order valence-electron chi connectivity index (χ0n) is 11.1. The van der Waals surface area contributed by atoms with Gasteiger partial charge in [-0.1, -0.05) is 0 Å². The lowest BCUT2D eigenvalue weighted by Gasteiger charge is -2.12. The first-order chi connectivity index (χ1) is 10.0. The molecule has 0 saturated carbocycles. The van der Waals surface area contributed by atoms with Crippen LogP contribution < -0.4 is 9.47 Å². The van der Waals surface area contributed by atoms with Gasteiger partial charge >= 0.3 is 5.97 Å². The molecule has 0 aliphatic carbocycles. The van der Waals surface area contributed by atoms with Gasteiger partial charge in [0.05, 0.1) is 12.7 Å². The van der Waals surface area contributed by atoms with Crippen molar-refractivity contribution in [3.63, 3.8) is 0 Å². The minimum Gasteiger partial charge on any atom is -0.493 e. The fraction of sp³-hybridized carbons (Fsp3) is 0.133. The maximum atomic E-state index is 13.5. The first kappa shape index (κ1) is 14.8. The Morgan fingerprint density at radius 2 is 1.90 bits per heavy atom. The molecule has 1 N–H and O–H groups in total. The normalized spacial score (nSPS) is 10.2. The van der Waals surface area contributed by atoms with Crippen molar-refractivity contribution >= 4 is 5.97 Å². The third-order valence-corrected chi connectivity index (χ3v) is 2.81. The van der Waals surface area contributed by atoms with Gasteiger partial charge in [-0.2, -0.15) is 0 Å². The molecule has 0 aromatic heterocycles. The van der Waals surface area contributed by atoms with Crippen molar-refractivity contribution in [3.05, 3.63) is 59.2 Å². The van der Waals surface area contributed by atoms with Gasteiger partial charge in [0.15, 0.2) is 11.5 Å². The third-order valence-electron chi connectivity index (χ3n) is 2.81. The van der Waals surface area contributed by atoms with Crippen molar-refractivity contribution in [1.29, 1.82) is 0 Å². The second-order valence-corrected chi connectivity index (χ2v) is 4.20. The summed E-state index contributed by atoms with van der Waals surface area (Å²) in [7, 11) is 1.40. The van der Waals surface area contributed by atoms with Crippen LogP contribution in [0, 0.1) is 11.6 Å². The first-order valence-electron chi connectivity index (χ1n) is 5.99. The van der Waals surface area contributed by atoms with Crippen LogP contribution in [0.5, 0.6) is 11.5 Å². The Balaban J connectivity index is 2.22. The molecule has 0 bridgehead atoms. The van der Waals surface area contributed by atoms with E-state index >= 15 is 0 Å². The fourth-order valence-electron chi connectivity index (χ4n) is 1.72. The van der Waals surface area contributed by atoms with Crippen molar-refractivity contribution < 1.29 is 28.2 Å². The van der Waals surface area contributed by atoms with E-state index in [1.807, 2.05) is 0 Å². The molecular weight excluding hydrogens is 282 g/mol. The summed E-state index contributed by atoms with van der Waals surface area (Å²) in [6.45, 7) is -0.175. The van der Waals surface area contributed by atoms with E-state index in [1.165, 1.54) is 31.4 Å². The van der Waals surface area contributed by atoms with E-state index in [9.17, 15) is 13.6 Å². The quantitative estimate of drug-likeness (QED) is 0.919. The average Bonchev–Trinajstić information content (AvgIpc) is 2.46. The summed E-state index contributed by atoms with van der Waals surface area (Å²) >= 11 is 0. The summed E-state index contributed by atoms with van der Waals surface area (Å²) in [5.41, 5.74) is 0.171. The molecule has 0 radical (unpaired) electrons. The van der Waals surface area contributed by atoms with E-state index in [0.717, 1.165) is 12.1 Å². The number of hydrogen-bond donors (Lipinski definition) is 1. The molecule has 2 rings (SSSR count). The highest BCUT2D eigenvalue weighted by molar-refractivity contribution is 5.88. The predicted molar refractivity (Wildman–Crippen MR) is 70.6 cm³/mol. The Bertz CT molecular complexity index is 671. The molecule has 21 heavy (non-hydrogen) atoms. The van der Waals surface area contributed by atoms with Gasteiger partial charge in [-0.15, -0.1) is 0 Å². The number of hydrogen-bond acceptors (Lipinski definition) is 3. The lowest BCUT2D eigenvalue weighted by molar-refractivity contribution is 0.0696. The van der Waals surface area contributed by atoms with Crippen molar-refractivity contribution in [1.82, 2.24) is 0 Å². The van der Waals surface area contributed by atoms with Crippen LogP contribution in [0.3, 0.4) is 0 Å². The summed E-state index contributed by atoms with van der Waals surface area (Å²) in [6, 6.07) is 7.23. The van der Waals surface area contributed by atoms with Gasteiger partial charge in [0.1, 0.15) is 18.2 Å². The molecule has 0 atom stereocenters. The maximum absolute atomic E-state index is 13.5. The smallest absolute Gasteiger partial charge is 0.335 e. The molecule has 0 saturated heterocycles. The van der Waals surface area contributed by atoms with Crippen LogP contribution in [0.1, 0.15) is 15.9 Å². The van der Waals surface area contributed by atoms with Crippen LogP contribution in [0.4, 0.5) is 8.78 Å². The number of ether oxygens (including phenoxy) is 2. The molecule has 4 nitrogen and oxygen atoms in total. The number of rotatable bonds is 5. The molecule has 6 heteroatoms. The monoisotopic (exact) mass is 294 g/mol. The van der Waals surface area contributed by atoms with Crippen LogP contribution >= 0.6 is 0 Å². The summed E-state index contributed by atoms with van der Waals surface area (Å²) in [4.78, 5) is 10.9. The number of benzene rings is 2. The van der Waals surface area contributed by atoms with Gasteiger partial charge in [-0.25, -0.2) is 13.6 Å². The van der Waals surface area contributed by atoms with Crippen LogP contribution in [-0.4, -0.2) is 18.2 Å². The highest BCUT2D eigenvalue weighted by Gasteiger charge is 2.11. The number of carbonyl (C=O) groups is 1. The summed E-state index contributed by atoms with van der Waals surface area (Å²) in [5, 5.41) is 8.93. The second-order valence-electron chi connectivity index (χ2n) is 4.20. The zero-order chi connectivity index (χ0) is 15.4. The average molecular weight is 294 g/mol. The third kappa shape index (κ3) is 3.47. The van der Waals surface area contributed by atoms with Gasteiger partial charge < -0.3 is 14.6 Å². The summed E-state index contributed by atoms with van der Waals surface area (Å²) in [5.74, 6) is -2.04. The molecule has 0 aliphatic heterocycles. The number of carboxylic acid groups (broad SMARTS) is 1. The highest BCUT2D eigenvalue weighted by atomic mass is 19.1.